The molecule has 11 heteroatoms. The highest BCUT2D eigenvalue weighted by Gasteiger charge is 2.37. The molecule has 0 saturated heterocycles. The summed E-state index contributed by atoms with van der Waals surface area (Å²) in [6.45, 7) is 4.09. The molecule has 0 saturated carbocycles. The number of anilines is 1. The van der Waals surface area contributed by atoms with Crippen molar-refractivity contribution in [3.63, 3.8) is 0 Å². The van der Waals surface area contributed by atoms with Crippen molar-refractivity contribution in [1.82, 2.24) is 19.7 Å². The minimum atomic E-state index is -0.821. The average Bonchev–Trinajstić information content (AvgIpc) is 3.43. The Hall–Kier alpha value is -4.15. The molecule has 0 radical (unpaired) electrons. The van der Waals surface area contributed by atoms with Gasteiger partial charge in [0.05, 0.1) is 38.2 Å². The monoisotopic (exact) mass is 510 g/mol. The molecule has 0 bridgehead atoms. The molecule has 1 unspecified atom stereocenters. The van der Waals surface area contributed by atoms with Gasteiger partial charge in [-0.1, -0.05) is 13.8 Å². The molecule has 3 aromatic rings. The SMILES string of the molecule is COc1ccc(CN2Cc3c(F)c(NC(CC(C)C)C(N)=O)nc(-c4cnn(C)c4)c3C2=O)c(OC)c1. The molecule has 37 heavy (non-hydrogen) atoms. The second kappa shape index (κ2) is 10.5. The number of carbonyl (C=O) groups excluding carboxylic acids is 2. The van der Waals surface area contributed by atoms with Gasteiger partial charge in [-0.2, -0.15) is 5.10 Å². The van der Waals surface area contributed by atoms with Crippen molar-refractivity contribution < 1.29 is 23.5 Å². The van der Waals surface area contributed by atoms with Crippen molar-refractivity contribution in [2.24, 2.45) is 18.7 Å². The number of halogens is 1. The van der Waals surface area contributed by atoms with E-state index in [-0.39, 0.29) is 47.6 Å². The largest absolute Gasteiger partial charge is 0.497 e. The summed E-state index contributed by atoms with van der Waals surface area (Å²) < 4.78 is 28.2. The van der Waals surface area contributed by atoms with Crippen molar-refractivity contribution >= 4 is 17.6 Å². The van der Waals surface area contributed by atoms with Gasteiger partial charge in [-0.15, -0.1) is 0 Å². The maximum atomic E-state index is 15.8. The van der Waals surface area contributed by atoms with E-state index in [1.165, 1.54) is 12.0 Å². The van der Waals surface area contributed by atoms with E-state index in [2.05, 4.69) is 15.4 Å². The summed E-state index contributed by atoms with van der Waals surface area (Å²) in [6, 6.07) is 4.49. The Balaban J connectivity index is 1.76. The Bertz CT molecular complexity index is 1340. The lowest BCUT2D eigenvalue weighted by atomic mass is 10.0. The predicted molar refractivity (Wildman–Crippen MR) is 136 cm³/mol. The van der Waals surface area contributed by atoms with Crippen LogP contribution in [-0.2, 0) is 24.9 Å². The Kier molecular flexibility index (Phi) is 7.33. The fourth-order valence-electron chi connectivity index (χ4n) is 4.46. The van der Waals surface area contributed by atoms with Gasteiger partial charge in [0.1, 0.15) is 17.5 Å². The van der Waals surface area contributed by atoms with E-state index >= 15 is 4.39 Å². The zero-order valence-electron chi connectivity index (χ0n) is 21.5. The summed E-state index contributed by atoms with van der Waals surface area (Å²) >= 11 is 0. The lowest BCUT2D eigenvalue weighted by Gasteiger charge is -2.19. The smallest absolute Gasteiger partial charge is 0.257 e. The lowest BCUT2D eigenvalue weighted by Crippen LogP contribution is -2.37. The van der Waals surface area contributed by atoms with Gasteiger partial charge in [0.15, 0.2) is 11.6 Å². The van der Waals surface area contributed by atoms with E-state index in [1.807, 2.05) is 13.8 Å². The number of amides is 2. The van der Waals surface area contributed by atoms with E-state index in [0.717, 1.165) is 5.56 Å². The van der Waals surface area contributed by atoms with Gasteiger partial charge in [0, 0.05) is 42.5 Å². The first-order valence-electron chi connectivity index (χ1n) is 11.9. The van der Waals surface area contributed by atoms with Crippen molar-refractivity contribution in [3.05, 3.63) is 53.1 Å². The third-order valence-corrected chi connectivity index (χ3v) is 6.28. The first-order chi connectivity index (χ1) is 17.6. The minimum absolute atomic E-state index is 0.0189. The molecular weight excluding hydrogens is 479 g/mol. The molecule has 0 spiro atoms. The van der Waals surface area contributed by atoms with E-state index in [0.29, 0.717) is 23.5 Å². The molecular formula is C26H31FN6O4. The molecule has 2 amide bonds. The van der Waals surface area contributed by atoms with Crippen LogP contribution >= 0.6 is 0 Å². The molecule has 0 fully saturated rings. The summed E-state index contributed by atoms with van der Waals surface area (Å²) in [7, 11) is 4.83. The first kappa shape index (κ1) is 25.9. The highest BCUT2D eigenvalue weighted by molar-refractivity contribution is 6.04. The van der Waals surface area contributed by atoms with Crippen LogP contribution in [0.25, 0.3) is 11.3 Å². The van der Waals surface area contributed by atoms with E-state index in [1.54, 1.807) is 49.4 Å². The zero-order chi connectivity index (χ0) is 26.9. The number of aromatic nitrogens is 3. The van der Waals surface area contributed by atoms with E-state index in [9.17, 15) is 9.59 Å². The Morgan fingerprint density at radius 2 is 2.03 bits per heavy atom. The van der Waals surface area contributed by atoms with Gasteiger partial charge < -0.3 is 25.4 Å². The van der Waals surface area contributed by atoms with Gasteiger partial charge in [-0.05, 0) is 24.5 Å². The van der Waals surface area contributed by atoms with Gasteiger partial charge >= 0.3 is 0 Å². The van der Waals surface area contributed by atoms with Crippen molar-refractivity contribution in [2.45, 2.75) is 39.4 Å². The summed E-state index contributed by atoms with van der Waals surface area (Å²) in [5, 5.41) is 7.07. The maximum absolute atomic E-state index is 15.8. The molecule has 2 aromatic heterocycles. The molecule has 4 rings (SSSR count). The van der Waals surface area contributed by atoms with Gasteiger partial charge in [0.2, 0.25) is 5.91 Å². The number of methoxy groups -OCH3 is 2. The molecule has 1 aromatic carbocycles. The maximum Gasteiger partial charge on any atom is 0.257 e. The Morgan fingerprint density at radius 3 is 2.62 bits per heavy atom. The van der Waals surface area contributed by atoms with E-state index < -0.39 is 17.8 Å². The summed E-state index contributed by atoms with van der Waals surface area (Å²) in [4.78, 5) is 31.7. The summed E-state index contributed by atoms with van der Waals surface area (Å²) in [5.41, 5.74) is 7.52. The number of rotatable bonds is 10. The molecule has 1 atom stereocenters. The highest BCUT2D eigenvalue weighted by Crippen LogP contribution is 2.37. The van der Waals surface area contributed by atoms with Crippen LogP contribution < -0.4 is 20.5 Å². The lowest BCUT2D eigenvalue weighted by molar-refractivity contribution is -0.119. The number of pyridine rings is 1. The standard InChI is InChI=1S/C26H31FN6O4/c1-14(2)8-19(24(28)34)30-25-22(27)18-13-33(12-15-6-7-17(36-4)9-20(15)37-5)26(35)21(18)23(31-25)16-10-29-32(3)11-16/h6-7,9-11,14,19H,8,12-13H2,1-5H3,(H2,28,34)(H,30,31). The van der Waals surface area contributed by atoms with Crippen LogP contribution in [-0.4, -0.2) is 51.7 Å². The minimum Gasteiger partial charge on any atom is -0.497 e. The molecule has 10 nitrogen and oxygen atoms in total. The second-order valence-electron chi connectivity index (χ2n) is 9.45. The van der Waals surface area contributed by atoms with Crippen LogP contribution in [0.3, 0.4) is 0 Å². The van der Waals surface area contributed by atoms with Crippen LogP contribution in [0.5, 0.6) is 11.5 Å². The molecule has 0 aliphatic carbocycles. The second-order valence-corrected chi connectivity index (χ2v) is 9.45. The van der Waals surface area contributed by atoms with Gasteiger partial charge in [0.25, 0.3) is 5.91 Å². The van der Waals surface area contributed by atoms with Crippen LogP contribution in [0, 0.1) is 11.7 Å². The number of hydrogen-bond acceptors (Lipinski definition) is 7. The fraction of sp³-hybridized carbons (Fsp3) is 0.385. The van der Waals surface area contributed by atoms with Crippen LogP contribution in [0.4, 0.5) is 10.2 Å². The highest BCUT2D eigenvalue weighted by atomic mass is 19.1. The summed E-state index contributed by atoms with van der Waals surface area (Å²) in [5.74, 6) is -0.479. The third-order valence-electron chi connectivity index (χ3n) is 6.28. The number of primary amides is 1. The predicted octanol–water partition coefficient (Wildman–Crippen LogP) is 3.11. The normalized spacial score (nSPS) is 13.6. The number of benzene rings is 1. The number of hydrogen-bond donors (Lipinski definition) is 2. The first-order valence-corrected chi connectivity index (χ1v) is 11.9. The number of ether oxygens (including phenoxy) is 2. The number of nitrogens with one attached hydrogen (secondary N) is 1. The fourth-order valence-corrected chi connectivity index (χ4v) is 4.46. The quantitative estimate of drug-likeness (QED) is 0.429. The molecule has 1 aliphatic heterocycles. The van der Waals surface area contributed by atoms with Crippen molar-refractivity contribution in [3.8, 4) is 22.8 Å². The third kappa shape index (κ3) is 5.20. The number of aryl methyl sites for hydroxylation is 1. The number of fused-ring (bicyclic) bond motifs is 1. The van der Waals surface area contributed by atoms with Crippen molar-refractivity contribution in [2.75, 3.05) is 19.5 Å². The Morgan fingerprint density at radius 1 is 1.27 bits per heavy atom. The number of carbonyl (C=O) groups is 2. The number of nitrogens with two attached hydrogens (primary N) is 1. The Labute approximate surface area is 214 Å². The average molecular weight is 511 g/mol. The molecule has 1 aliphatic rings. The van der Waals surface area contributed by atoms with Gasteiger partial charge in [-0.3, -0.25) is 14.3 Å². The zero-order valence-corrected chi connectivity index (χ0v) is 21.5. The van der Waals surface area contributed by atoms with E-state index in [4.69, 9.17) is 15.2 Å². The van der Waals surface area contributed by atoms with Crippen LogP contribution in [0.2, 0.25) is 0 Å². The van der Waals surface area contributed by atoms with Gasteiger partial charge in [-0.25, -0.2) is 9.37 Å². The van der Waals surface area contributed by atoms with Crippen LogP contribution in [0.1, 0.15) is 41.8 Å². The molecule has 3 heterocycles. The van der Waals surface area contributed by atoms with Crippen LogP contribution in [0.15, 0.2) is 30.6 Å². The van der Waals surface area contributed by atoms with Crippen molar-refractivity contribution in [1.29, 1.82) is 0 Å². The number of nitrogens with zero attached hydrogens (tertiary/aromatic N) is 4. The summed E-state index contributed by atoms with van der Waals surface area (Å²) in [6.07, 6.45) is 3.66. The molecule has 3 N–H and O–H groups in total. The molecule has 196 valence electrons. The topological polar surface area (TPSA) is 125 Å².